The highest BCUT2D eigenvalue weighted by Crippen LogP contribution is 2.08. The summed E-state index contributed by atoms with van der Waals surface area (Å²) in [7, 11) is 0. The van der Waals surface area contributed by atoms with Gasteiger partial charge in [0.1, 0.15) is 5.75 Å². The van der Waals surface area contributed by atoms with Gasteiger partial charge in [0.2, 0.25) is 5.91 Å². The van der Waals surface area contributed by atoms with Gasteiger partial charge in [-0.3, -0.25) is 4.79 Å². The van der Waals surface area contributed by atoms with Gasteiger partial charge in [0, 0.05) is 11.9 Å². The number of carbonyl (C=O) groups excluding carboxylic acids is 1. The number of unbranched alkanes of at least 4 members (excludes halogenated alkanes) is 1. The number of rotatable bonds is 8. The number of nitrogens with one attached hydrogen (secondary N) is 1. The third kappa shape index (κ3) is 7.00. The normalized spacial score (nSPS) is 9.94. The van der Waals surface area contributed by atoms with E-state index in [1.54, 1.807) is 0 Å². The first-order valence-corrected chi connectivity index (χ1v) is 6.95. The van der Waals surface area contributed by atoms with Gasteiger partial charge in [-0.15, -0.1) is 0 Å². The second kappa shape index (κ2) is 9.05. The van der Waals surface area contributed by atoms with Gasteiger partial charge < -0.3 is 10.1 Å². The average molecular weight is 300 g/mol. The molecule has 94 valence electrons. The van der Waals surface area contributed by atoms with E-state index in [1.165, 1.54) is 0 Å². The number of carbonyl (C=O) groups is 1. The molecule has 1 N–H and O–H groups in total. The van der Waals surface area contributed by atoms with Crippen molar-refractivity contribution in [2.24, 2.45) is 0 Å². The molecule has 1 rings (SSSR count). The van der Waals surface area contributed by atoms with Crippen LogP contribution in [0.1, 0.15) is 19.3 Å². The van der Waals surface area contributed by atoms with Gasteiger partial charge in [0.25, 0.3) is 0 Å². The SMILES string of the molecule is O=C(CCOc1ccccc1)NCCCCBr. The van der Waals surface area contributed by atoms with E-state index in [1.807, 2.05) is 30.3 Å². The van der Waals surface area contributed by atoms with E-state index in [0.717, 1.165) is 30.5 Å². The van der Waals surface area contributed by atoms with Crippen molar-refractivity contribution in [3.63, 3.8) is 0 Å². The molecule has 0 spiro atoms. The molecule has 0 saturated heterocycles. The van der Waals surface area contributed by atoms with Crippen molar-refractivity contribution in [3.8, 4) is 5.75 Å². The molecule has 0 aliphatic rings. The molecule has 0 heterocycles. The lowest BCUT2D eigenvalue weighted by Gasteiger charge is -2.06. The van der Waals surface area contributed by atoms with Crippen molar-refractivity contribution in [3.05, 3.63) is 30.3 Å². The van der Waals surface area contributed by atoms with Crippen LogP contribution in [0, 0.1) is 0 Å². The summed E-state index contributed by atoms with van der Waals surface area (Å²) in [5, 5.41) is 3.85. The van der Waals surface area contributed by atoms with Crippen LogP contribution in [-0.2, 0) is 4.79 Å². The van der Waals surface area contributed by atoms with Crippen LogP contribution < -0.4 is 10.1 Å². The molecule has 0 bridgehead atoms. The second-order valence-electron chi connectivity index (χ2n) is 3.66. The number of benzene rings is 1. The Morgan fingerprint density at radius 2 is 2.00 bits per heavy atom. The van der Waals surface area contributed by atoms with E-state index in [9.17, 15) is 4.79 Å². The fraction of sp³-hybridized carbons (Fsp3) is 0.462. The van der Waals surface area contributed by atoms with Crippen LogP contribution in [-0.4, -0.2) is 24.4 Å². The van der Waals surface area contributed by atoms with Crippen molar-refractivity contribution in [1.82, 2.24) is 5.32 Å². The second-order valence-corrected chi connectivity index (χ2v) is 4.45. The van der Waals surface area contributed by atoms with Crippen molar-refractivity contribution in [1.29, 1.82) is 0 Å². The van der Waals surface area contributed by atoms with Crippen molar-refractivity contribution >= 4 is 21.8 Å². The summed E-state index contributed by atoms with van der Waals surface area (Å²) < 4.78 is 5.44. The predicted octanol–water partition coefficient (Wildman–Crippen LogP) is 2.75. The summed E-state index contributed by atoms with van der Waals surface area (Å²) in [6.45, 7) is 1.17. The van der Waals surface area contributed by atoms with Crippen molar-refractivity contribution in [2.45, 2.75) is 19.3 Å². The lowest BCUT2D eigenvalue weighted by Crippen LogP contribution is -2.25. The Morgan fingerprint density at radius 1 is 1.24 bits per heavy atom. The topological polar surface area (TPSA) is 38.3 Å². The summed E-state index contributed by atoms with van der Waals surface area (Å²) in [6.07, 6.45) is 2.50. The lowest BCUT2D eigenvalue weighted by molar-refractivity contribution is -0.121. The van der Waals surface area contributed by atoms with Gasteiger partial charge in [-0.05, 0) is 25.0 Å². The van der Waals surface area contributed by atoms with Gasteiger partial charge in [0.05, 0.1) is 13.0 Å². The summed E-state index contributed by atoms with van der Waals surface area (Å²) in [4.78, 5) is 11.4. The number of hydrogen-bond acceptors (Lipinski definition) is 2. The van der Waals surface area contributed by atoms with E-state index >= 15 is 0 Å². The summed E-state index contributed by atoms with van der Waals surface area (Å²) >= 11 is 3.35. The van der Waals surface area contributed by atoms with Gasteiger partial charge in [-0.2, -0.15) is 0 Å². The van der Waals surface area contributed by atoms with E-state index in [-0.39, 0.29) is 5.91 Å². The number of alkyl halides is 1. The number of ether oxygens (including phenoxy) is 1. The van der Waals surface area contributed by atoms with E-state index < -0.39 is 0 Å². The number of hydrogen-bond donors (Lipinski definition) is 1. The molecule has 0 unspecified atom stereocenters. The standard InChI is InChI=1S/C13H18BrNO2/c14-9-4-5-10-15-13(16)8-11-17-12-6-2-1-3-7-12/h1-3,6-7H,4-5,8-11H2,(H,15,16). The molecule has 0 saturated carbocycles. The molecule has 0 fully saturated rings. The predicted molar refractivity (Wildman–Crippen MR) is 72.6 cm³/mol. The molecule has 4 heteroatoms. The number of halogens is 1. The fourth-order valence-corrected chi connectivity index (χ4v) is 1.71. The molecular weight excluding hydrogens is 282 g/mol. The molecule has 0 aliphatic heterocycles. The van der Waals surface area contributed by atoms with Crippen molar-refractivity contribution < 1.29 is 9.53 Å². The fourth-order valence-electron chi connectivity index (χ4n) is 1.31. The zero-order valence-corrected chi connectivity index (χ0v) is 11.4. The first-order chi connectivity index (χ1) is 8.33. The van der Waals surface area contributed by atoms with E-state index in [0.29, 0.717) is 13.0 Å². The molecule has 1 aromatic rings. The monoisotopic (exact) mass is 299 g/mol. The number of amides is 1. The minimum Gasteiger partial charge on any atom is -0.493 e. The zero-order valence-electron chi connectivity index (χ0n) is 9.82. The summed E-state index contributed by atoms with van der Waals surface area (Å²) in [6, 6.07) is 9.52. The van der Waals surface area contributed by atoms with E-state index in [4.69, 9.17) is 4.74 Å². The van der Waals surface area contributed by atoms with Gasteiger partial charge in [0.15, 0.2) is 0 Å². The Hall–Kier alpha value is -1.03. The first-order valence-electron chi connectivity index (χ1n) is 5.83. The highest BCUT2D eigenvalue weighted by Gasteiger charge is 2.00. The van der Waals surface area contributed by atoms with Crippen LogP contribution in [0.3, 0.4) is 0 Å². The minimum atomic E-state index is 0.0514. The van der Waals surface area contributed by atoms with E-state index in [2.05, 4.69) is 21.2 Å². The Bertz CT molecular complexity index is 316. The third-order valence-corrected chi connectivity index (χ3v) is 2.78. The maximum Gasteiger partial charge on any atom is 0.223 e. The molecule has 0 aliphatic carbocycles. The Morgan fingerprint density at radius 3 is 2.71 bits per heavy atom. The zero-order chi connectivity index (χ0) is 12.3. The molecule has 1 amide bonds. The summed E-state index contributed by atoms with van der Waals surface area (Å²) in [5.41, 5.74) is 0. The van der Waals surface area contributed by atoms with Crippen LogP contribution in [0.5, 0.6) is 5.75 Å². The van der Waals surface area contributed by atoms with Crippen LogP contribution >= 0.6 is 15.9 Å². The molecule has 3 nitrogen and oxygen atoms in total. The Kier molecular flexibility index (Phi) is 7.47. The van der Waals surface area contributed by atoms with Crippen LogP contribution in [0.15, 0.2) is 30.3 Å². The molecule has 1 aromatic carbocycles. The quantitative estimate of drug-likeness (QED) is 0.592. The molecular formula is C13H18BrNO2. The molecule has 17 heavy (non-hydrogen) atoms. The van der Waals surface area contributed by atoms with Gasteiger partial charge in [-0.25, -0.2) is 0 Å². The molecule has 0 aromatic heterocycles. The highest BCUT2D eigenvalue weighted by molar-refractivity contribution is 9.09. The maximum atomic E-state index is 11.4. The van der Waals surface area contributed by atoms with Crippen molar-refractivity contribution in [2.75, 3.05) is 18.5 Å². The number of para-hydroxylation sites is 1. The van der Waals surface area contributed by atoms with Crippen LogP contribution in [0.25, 0.3) is 0 Å². The van der Waals surface area contributed by atoms with Gasteiger partial charge in [-0.1, -0.05) is 34.1 Å². The Labute approximate surface area is 111 Å². The minimum absolute atomic E-state index is 0.0514. The average Bonchev–Trinajstić information content (AvgIpc) is 2.36. The molecule has 0 radical (unpaired) electrons. The lowest BCUT2D eigenvalue weighted by atomic mass is 10.3. The maximum absolute atomic E-state index is 11.4. The van der Waals surface area contributed by atoms with Gasteiger partial charge >= 0.3 is 0 Å². The summed E-state index contributed by atoms with van der Waals surface area (Å²) in [5.74, 6) is 0.857. The smallest absolute Gasteiger partial charge is 0.223 e. The highest BCUT2D eigenvalue weighted by atomic mass is 79.9. The van der Waals surface area contributed by atoms with Crippen LogP contribution in [0.4, 0.5) is 0 Å². The third-order valence-electron chi connectivity index (χ3n) is 2.22. The molecule has 0 atom stereocenters. The Balaban J connectivity index is 2.04. The van der Waals surface area contributed by atoms with Crippen LogP contribution in [0.2, 0.25) is 0 Å². The largest absolute Gasteiger partial charge is 0.493 e. The first kappa shape index (κ1) is 14.0.